The van der Waals surface area contributed by atoms with E-state index in [0.29, 0.717) is 24.7 Å². The molecule has 1 unspecified atom stereocenters. The van der Waals surface area contributed by atoms with E-state index in [1.165, 1.54) is 0 Å². The van der Waals surface area contributed by atoms with E-state index in [2.05, 4.69) is 25.6 Å². The molecule has 2 aromatic rings. The molecule has 3 heterocycles. The molecule has 3 rings (SSSR count). The SMILES string of the molecule is O=C(NCc1ccccn1)c1ccnc(NCC2CCCO2)n1. The smallest absolute Gasteiger partial charge is 0.270 e. The van der Waals surface area contributed by atoms with E-state index in [1.54, 1.807) is 18.5 Å². The standard InChI is InChI=1S/C16H19N5O2/c22-15(19-10-12-4-1-2-7-17-12)14-6-8-18-16(21-14)20-11-13-5-3-9-23-13/h1-2,4,6-8,13H,3,5,9-11H2,(H,19,22)(H,18,20,21). The Morgan fingerprint density at radius 3 is 3.00 bits per heavy atom. The summed E-state index contributed by atoms with van der Waals surface area (Å²) < 4.78 is 5.54. The van der Waals surface area contributed by atoms with Gasteiger partial charge in [0.1, 0.15) is 5.69 Å². The maximum Gasteiger partial charge on any atom is 0.270 e. The average Bonchev–Trinajstić information content (AvgIpc) is 3.12. The van der Waals surface area contributed by atoms with Crippen molar-refractivity contribution in [1.82, 2.24) is 20.3 Å². The van der Waals surface area contributed by atoms with Gasteiger partial charge in [0.25, 0.3) is 5.91 Å². The van der Waals surface area contributed by atoms with Crippen LogP contribution in [0.4, 0.5) is 5.95 Å². The average molecular weight is 313 g/mol. The normalized spacial score (nSPS) is 17.0. The summed E-state index contributed by atoms with van der Waals surface area (Å²) in [4.78, 5) is 24.7. The summed E-state index contributed by atoms with van der Waals surface area (Å²) in [7, 11) is 0. The lowest BCUT2D eigenvalue weighted by molar-refractivity contribution is 0.0945. The molecule has 1 fully saturated rings. The zero-order valence-electron chi connectivity index (χ0n) is 12.7. The lowest BCUT2D eigenvalue weighted by atomic mass is 10.2. The Kier molecular flexibility index (Phi) is 5.10. The molecule has 120 valence electrons. The number of nitrogens with one attached hydrogen (secondary N) is 2. The minimum Gasteiger partial charge on any atom is -0.376 e. The Hall–Kier alpha value is -2.54. The van der Waals surface area contributed by atoms with Crippen LogP contribution < -0.4 is 10.6 Å². The summed E-state index contributed by atoms with van der Waals surface area (Å²) in [5, 5.41) is 5.91. The molecule has 0 aromatic carbocycles. The minimum atomic E-state index is -0.252. The first-order valence-corrected chi connectivity index (χ1v) is 7.68. The first-order chi connectivity index (χ1) is 11.3. The molecule has 23 heavy (non-hydrogen) atoms. The highest BCUT2D eigenvalue weighted by atomic mass is 16.5. The Morgan fingerprint density at radius 2 is 2.22 bits per heavy atom. The van der Waals surface area contributed by atoms with Crippen molar-refractivity contribution >= 4 is 11.9 Å². The van der Waals surface area contributed by atoms with Crippen LogP contribution >= 0.6 is 0 Å². The van der Waals surface area contributed by atoms with Crippen molar-refractivity contribution in [3.63, 3.8) is 0 Å². The van der Waals surface area contributed by atoms with Gasteiger partial charge < -0.3 is 15.4 Å². The zero-order chi connectivity index (χ0) is 15.9. The molecule has 1 amide bonds. The topological polar surface area (TPSA) is 89.0 Å². The molecule has 1 atom stereocenters. The van der Waals surface area contributed by atoms with E-state index in [0.717, 1.165) is 25.1 Å². The Morgan fingerprint density at radius 1 is 1.26 bits per heavy atom. The number of anilines is 1. The number of aromatic nitrogens is 3. The van der Waals surface area contributed by atoms with Crippen LogP contribution in [0.25, 0.3) is 0 Å². The molecule has 0 bridgehead atoms. The van der Waals surface area contributed by atoms with Gasteiger partial charge in [-0.15, -0.1) is 0 Å². The molecule has 1 aliphatic heterocycles. The van der Waals surface area contributed by atoms with Crippen molar-refractivity contribution in [2.24, 2.45) is 0 Å². The lowest BCUT2D eigenvalue weighted by Gasteiger charge is -2.11. The Labute approximate surface area is 134 Å². The van der Waals surface area contributed by atoms with Gasteiger partial charge in [-0.1, -0.05) is 6.07 Å². The molecular weight excluding hydrogens is 294 g/mol. The molecule has 0 radical (unpaired) electrons. The second kappa shape index (κ2) is 7.64. The molecule has 2 aromatic heterocycles. The highest BCUT2D eigenvalue weighted by Crippen LogP contribution is 2.12. The van der Waals surface area contributed by atoms with E-state index in [4.69, 9.17) is 4.74 Å². The number of ether oxygens (including phenoxy) is 1. The highest BCUT2D eigenvalue weighted by molar-refractivity contribution is 5.92. The summed E-state index contributed by atoms with van der Waals surface area (Å²) >= 11 is 0. The molecular formula is C16H19N5O2. The first-order valence-electron chi connectivity index (χ1n) is 7.68. The van der Waals surface area contributed by atoms with Crippen LogP contribution in [0.5, 0.6) is 0 Å². The van der Waals surface area contributed by atoms with Crippen LogP contribution in [0.1, 0.15) is 29.0 Å². The van der Waals surface area contributed by atoms with Crippen LogP contribution in [0.2, 0.25) is 0 Å². The third-order valence-corrected chi connectivity index (χ3v) is 3.56. The number of pyridine rings is 1. The molecule has 2 N–H and O–H groups in total. The maximum atomic E-state index is 12.1. The lowest BCUT2D eigenvalue weighted by Crippen LogP contribution is -2.25. The Bertz CT molecular complexity index is 644. The van der Waals surface area contributed by atoms with Crippen LogP contribution in [0, 0.1) is 0 Å². The minimum absolute atomic E-state index is 0.195. The van der Waals surface area contributed by atoms with Gasteiger partial charge in [-0.2, -0.15) is 0 Å². The monoisotopic (exact) mass is 313 g/mol. The summed E-state index contributed by atoms with van der Waals surface area (Å²) in [6, 6.07) is 7.16. The van der Waals surface area contributed by atoms with Crippen molar-refractivity contribution < 1.29 is 9.53 Å². The van der Waals surface area contributed by atoms with Gasteiger partial charge in [0.2, 0.25) is 5.95 Å². The first kappa shape index (κ1) is 15.4. The number of nitrogens with zero attached hydrogens (tertiary/aromatic N) is 3. The summed E-state index contributed by atoms with van der Waals surface area (Å²) in [6.07, 6.45) is 5.58. The largest absolute Gasteiger partial charge is 0.376 e. The van der Waals surface area contributed by atoms with Crippen molar-refractivity contribution in [2.75, 3.05) is 18.5 Å². The summed E-state index contributed by atoms with van der Waals surface area (Å²) in [6.45, 7) is 1.82. The molecule has 1 aliphatic rings. The predicted octanol–water partition coefficient (Wildman–Crippen LogP) is 1.39. The number of hydrogen-bond donors (Lipinski definition) is 2. The van der Waals surface area contributed by atoms with Gasteiger partial charge in [0, 0.05) is 25.5 Å². The van der Waals surface area contributed by atoms with Crippen molar-refractivity contribution in [1.29, 1.82) is 0 Å². The van der Waals surface area contributed by atoms with Crippen molar-refractivity contribution in [3.8, 4) is 0 Å². The van der Waals surface area contributed by atoms with Crippen LogP contribution in [0.3, 0.4) is 0 Å². The summed E-state index contributed by atoms with van der Waals surface area (Å²) in [5.41, 5.74) is 1.12. The molecule has 0 aliphatic carbocycles. The van der Waals surface area contributed by atoms with E-state index in [-0.39, 0.29) is 12.0 Å². The van der Waals surface area contributed by atoms with Gasteiger partial charge in [-0.25, -0.2) is 9.97 Å². The van der Waals surface area contributed by atoms with E-state index in [9.17, 15) is 4.79 Å². The molecule has 0 spiro atoms. The van der Waals surface area contributed by atoms with Gasteiger partial charge in [-0.05, 0) is 31.0 Å². The third kappa shape index (κ3) is 4.46. The van der Waals surface area contributed by atoms with Crippen molar-refractivity contribution in [2.45, 2.75) is 25.5 Å². The van der Waals surface area contributed by atoms with Gasteiger partial charge >= 0.3 is 0 Å². The second-order valence-corrected chi connectivity index (χ2v) is 5.29. The van der Waals surface area contributed by atoms with Crippen LogP contribution in [0.15, 0.2) is 36.7 Å². The molecule has 1 saturated heterocycles. The molecule has 7 heteroatoms. The van der Waals surface area contributed by atoms with E-state index in [1.807, 2.05) is 18.2 Å². The number of carbonyl (C=O) groups excluding carboxylic acids is 1. The fraction of sp³-hybridized carbons (Fsp3) is 0.375. The maximum absolute atomic E-state index is 12.1. The highest BCUT2D eigenvalue weighted by Gasteiger charge is 2.16. The van der Waals surface area contributed by atoms with Gasteiger partial charge in [0.15, 0.2) is 0 Å². The van der Waals surface area contributed by atoms with Gasteiger partial charge in [0.05, 0.1) is 18.3 Å². The number of amides is 1. The number of carbonyl (C=O) groups is 1. The fourth-order valence-electron chi connectivity index (χ4n) is 2.34. The zero-order valence-corrected chi connectivity index (χ0v) is 12.7. The molecule has 0 saturated carbocycles. The second-order valence-electron chi connectivity index (χ2n) is 5.29. The van der Waals surface area contributed by atoms with E-state index >= 15 is 0 Å². The number of rotatable bonds is 6. The number of hydrogen-bond acceptors (Lipinski definition) is 6. The van der Waals surface area contributed by atoms with Gasteiger partial charge in [-0.3, -0.25) is 9.78 Å². The van der Waals surface area contributed by atoms with Crippen LogP contribution in [-0.2, 0) is 11.3 Å². The predicted molar refractivity (Wildman–Crippen MR) is 84.9 cm³/mol. The third-order valence-electron chi connectivity index (χ3n) is 3.56. The van der Waals surface area contributed by atoms with Crippen molar-refractivity contribution in [3.05, 3.63) is 48.0 Å². The van der Waals surface area contributed by atoms with E-state index < -0.39 is 0 Å². The van der Waals surface area contributed by atoms with Crippen LogP contribution in [-0.4, -0.2) is 40.1 Å². The fourth-order valence-corrected chi connectivity index (χ4v) is 2.34. The quantitative estimate of drug-likeness (QED) is 0.838. The molecule has 7 nitrogen and oxygen atoms in total. The summed E-state index contributed by atoms with van der Waals surface area (Å²) in [5.74, 6) is 0.184. The Balaban J connectivity index is 1.54.